The first-order valence-corrected chi connectivity index (χ1v) is 7.07. The third-order valence-electron chi connectivity index (χ3n) is 3.09. The van der Waals surface area contributed by atoms with Crippen LogP contribution in [-0.2, 0) is 13.1 Å². The van der Waals surface area contributed by atoms with Gasteiger partial charge in [-0.1, -0.05) is 13.0 Å². The number of benzene rings is 1. The molecule has 0 bridgehead atoms. The second kappa shape index (κ2) is 6.30. The second-order valence-corrected chi connectivity index (χ2v) is 5.30. The minimum atomic E-state index is -0.242. The lowest BCUT2D eigenvalue weighted by atomic mass is 10.2. The fourth-order valence-electron chi connectivity index (χ4n) is 1.89. The summed E-state index contributed by atoms with van der Waals surface area (Å²) in [4.78, 5) is 0. The Hall–Kier alpha value is -1.20. The van der Waals surface area contributed by atoms with Gasteiger partial charge in [0.1, 0.15) is 5.82 Å². The molecule has 0 spiro atoms. The van der Waals surface area contributed by atoms with Crippen LogP contribution in [0.2, 0.25) is 0 Å². The van der Waals surface area contributed by atoms with Crippen LogP contribution in [0.5, 0.6) is 0 Å². The van der Waals surface area contributed by atoms with Crippen molar-refractivity contribution < 1.29 is 4.39 Å². The first kappa shape index (κ1) is 14.2. The highest BCUT2D eigenvalue weighted by Crippen LogP contribution is 2.18. The van der Waals surface area contributed by atoms with Gasteiger partial charge in [0.2, 0.25) is 0 Å². The Morgan fingerprint density at radius 1 is 1.42 bits per heavy atom. The van der Waals surface area contributed by atoms with Crippen LogP contribution >= 0.6 is 15.9 Å². The Morgan fingerprint density at radius 2 is 2.21 bits per heavy atom. The lowest BCUT2D eigenvalue weighted by Gasteiger charge is -2.07. The van der Waals surface area contributed by atoms with Gasteiger partial charge in [0, 0.05) is 17.8 Å². The van der Waals surface area contributed by atoms with Crippen molar-refractivity contribution in [2.75, 3.05) is 6.54 Å². The zero-order valence-corrected chi connectivity index (χ0v) is 12.7. The standard InChI is InChI=1S/C14H17BrFN3/c1-3-17-7-12-8-18-19(10(12)2)9-11-4-5-14(16)13(15)6-11/h4-6,8,17H,3,7,9H2,1-2H3. The molecule has 0 radical (unpaired) electrons. The van der Waals surface area contributed by atoms with Crippen molar-refractivity contribution in [2.45, 2.75) is 26.9 Å². The Bertz CT molecular complexity index is 566. The van der Waals surface area contributed by atoms with Gasteiger partial charge in [-0.15, -0.1) is 0 Å². The summed E-state index contributed by atoms with van der Waals surface area (Å²) in [7, 11) is 0. The number of nitrogens with zero attached hydrogens (tertiary/aromatic N) is 2. The first-order valence-electron chi connectivity index (χ1n) is 6.27. The summed E-state index contributed by atoms with van der Waals surface area (Å²) >= 11 is 3.20. The molecule has 0 aliphatic heterocycles. The van der Waals surface area contributed by atoms with E-state index in [0.717, 1.165) is 24.3 Å². The van der Waals surface area contributed by atoms with E-state index in [2.05, 4.69) is 40.2 Å². The summed E-state index contributed by atoms with van der Waals surface area (Å²) in [5, 5.41) is 7.67. The van der Waals surface area contributed by atoms with Crippen LogP contribution in [0, 0.1) is 12.7 Å². The van der Waals surface area contributed by atoms with E-state index >= 15 is 0 Å². The molecule has 3 nitrogen and oxygen atoms in total. The minimum absolute atomic E-state index is 0.242. The highest BCUT2D eigenvalue weighted by atomic mass is 79.9. The van der Waals surface area contributed by atoms with Crippen LogP contribution < -0.4 is 5.32 Å². The molecule has 0 unspecified atom stereocenters. The predicted molar refractivity (Wildman–Crippen MR) is 77.5 cm³/mol. The molecule has 2 rings (SSSR count). The molecular formula is C14H17BrFN3. The van der Waals surface area contributed by atoms with E-state index in [9.17, 15) is 4.39 Å². The van der Waals surface area contributed by atoms with Gasteiger partial charge >= 0.3 is 0 Å². The van der Waals surface area contributed by atoms with Crippen molar-refractivity contribution in [2.24, 2.45) is 0 Å². The third-order valence-corrected chi connectivity index (χ3v) is 3.69. The van der Waals surface area contributed by atoms with Gasteiger partial charge in [-0.25, -0.2) is 4.39 Å². The van der Waals surface area contributed by atoms with Crippen molar-refractivity contribution in [1.29, 1.82) is 0 Å². The second-order valence-electron chi connectivity index (χ2n) is 4.44. The molecule has 0 saturated carbocycles. The quantitative estimate of drug-likeness (QED) is 0.914. The van der Waals surface area contributed by atoms with Gasteiger partial charge in [-0.05, 0) is 47.1 Å². The Morgan fingerprint density at radius 3 is 2.89 bits per heavy atom. The van der Waals surface area contributed by atoms with Crippen LogP contribution in [0.3, 0.4) is 0 Å². The van der Waals surface area contributed by atoms with Gasteiger partial charge in [-0.3, -0.25) is 4.68 Å². The van der Waals surface area contributed by atoms with Gasteiger partial charge in [0.05, 0.1) is 17.2 Å². The fourth-order valence-corrected chi connectivity index (χ4v) is 2.31. The average molecular weight is 326 g/mol. The topological polar surface area (TPSA) is 29.9 Å². The van der Waals surface area contributed by atoms with Crippen LogP contribution in [0.25, 0.3) is 0 Å². The normalized spacial score (nSPS) is 10.9. The van der Waals surface area contributed by atoms with E-state index in [-0.39, 0.29) is 5.82 Å². The molecule has 0 fully saturated rings. The largest absolute Gasteiger partial charge is 0.313 e. The molecule has 0 aliphatic carbocycles. The third kappa shape index (κ3) is 3.42. The lowest BCUT2D eigenvalue weighted by Crippen LogP contribution is -2.12. The molecule has 0 saturated heterocycles. The molecule has 102 valence electrons. The summed E-state index contributed by atoms with van der Waals surface area (Å²) < 4.78 is 15.6. The van der Waals surface area contributed by atoms with Crippen LogP contribution in [0.15, 0.2) is 28.9 Å². The highest BCUT2D eigenvalue weighted by Gasteiger charge is 2.07. The van der Waals surface area contributed by atoms with E-state index in [4.69, 9.17) is 0 Å². The molecule has 2 aromatic rings. The minimum Gasteiger partial charge on any atom is -0.313 e. The molecule has 1 aromatic carbocycles. The zero-order chi connectivity index (χ0) is 13.8. The molecule has 0 aliphatic rings. The van der Waals surface area contributed by atoms with Crippen molar-refractivity contribution in [3.63, 3.8) is 0 Å². The van der Waals surface area contributed by atoms with Gasteiger partial charge in [-0.2, -0.15) is 5.10 Å². The van der Waals surface area contributed by atoms with E-state index in [1.807, 2.05) is 10.9 Å². The molecule has 19 heavy (non-hydrogen) atoms. The number of halogens is 2. The Labute approximate surface area is 121 Å². The summed E-state index contributed by atoms with van der Waals surface area (Å²) in [5.41, 5.74) is 3.36. The Kier molecular flexibility index (Phi) is 4.71. The van der Waals surface area contributed by atoms with E-state index in [1.54, 1.807) is 12.1 Å². The lowest BCUT2D eigenvalue weighted by molar-refractivity contribution is 0.616. The highest BCUT2D eigenvalue weighted by molar-refractivity contribution is 9.10. The number of hydrogen-bond acceptors (Lipinski definition) is 2. The van der Waals surface area contributed by atoms with Crippen LogP contribution in [0.1, 0.15) is 23.7 Å². The van der Waals surface area contributed by atoms with Gasteiger partial charge < -0.3 is 5.32 Å². The number of hydrogen-bond donors (Lipinski definition) is 1. The van der Waals surface area contributed by atoms with Gasteiger partial charge in [0.25, 0.3) is 0 Å². The molecule has 0 atom stereocenters. The summed E-state index contributed by atoms with van der Waals surface area (Å²) in [6.07, 6.45) is 1.89. The smallest absolute Gasteiger partial charge is 0.137 e. The van der Waals surface area contributed by atoms with Crippen LogP contribution in [-0.4, -0.2) is 16.3 Å². The molecule has 1 heterocycles. The Balaban J connectivity index is 2.14. The van der Waals surface area contributed by atoms with E-state index < -0.39 is 0 Å². The number of rotatable bonds is 5. The summed E-state index contributed by atoms with van der Waals surface area (Å²) in [5.74, 6) is -0.242. The average Bonchev–Trinajstić information content (AvgIpc) is 2.73. The van der Waals surface area contributed by atoms with E-state index in [1.165, 1.54) is 11.6 Å². The van der Waals surface area contributed by atoms with Crippen LogP contribution in [0.4, 0.5) is 4.39 Å². The predicted octanol–water partition coefficient (Wildman–Crippen LogP) is 3.25. The maximum Gasteiger partial charge on any atom is 0.137 e. The van der Waals surface area contributed by atoms with Gasteiger partial charge in [0.15, 0.2) is 0 Å². The fraction of sp³-hybridized carbons (Fsp3) is 0.357. The van der Waals surface area contributed by atoms with Crippen molar-refractivity contribution in [1.82, 2.24) is 15.1 Å². The molecule has 1 aromatic heterocycles. The first-order chi connectivity index (χ1) is 9.11. The summed E-state index contributed by atoms with van der Waals surface area (Å²) in [6, 6.07) is 5.05. The van der Waals surface area contributed by atoms with Crippen molar-refractivity contribution in [3.8, 4) is 0 Å². The zero-order valence-electron chi connectivity index (χ0n) is 11.1. The molecule has 5 heteroatoms. The van der Waals surface area contributed by atoms with Crippen molar-refractivity contribution in [3.05, 3.63) is 51.5 Å². The van der Waals surface area contributed by atoms with Crippen molar-refractivity contribution >= 4 is 15.9 Å². The summed E-state index contributed by atoms with van der Waals surface area (Å²) in [6.45, 7) is 6.55. The maximum atomic E-state index is 13.2. The number of nitrogens with one attached hydrogen (secondary N) is 1. The maximum absolute atomic E-state index is 13.2. The number of aromatic nitrogens is 2. The van der Waals surface area contributed by atoms with E-state index in [0.29, 0.717) is 11.0 Å². The SMILES string of the molecule is CCNCc1cnn(Cc2ccc(F)c(Br)c2)c1C. The molecule has 0 amide bonds. The monoisotopic (exact) mass is 325 g/mol. The molecule has 1 N–H and O–H groups in total. The molecular weight excluding hydrogens is 309 g/mol.